The van der Waals surface area contributed by atoms with E-state index in [4.69, 9.17) is 15.6 Å². The Kier molecular flexibility index (Phi) is 2.13. The lowest BCUT2D eigenvalue weighted by molar-refractivity contribution is 0.0696. The highest BCUT2D eigenvalue weighted by molar-refractivity contribution is 5.89. The number of nitrogens with two attached hydrogens (primary N) is 1. The topological polar surface area (TPSA) is 72.6 Å². The average molecular weight is 193 g/mol. The first-order valence-electron chi connectivity index (χ1n) is 4.41. The molecule has 1 aliphatic heterocycles. The van der Waals surface area contributed by atoms with Crippen LogP contribution in [-0.4, -0.2) is 17.7 Å². The minimum Gasteiger partial charge on any atom is -0.478 e. The molecule has 1 heterocycles. The van der Waals surface area contributed by atoms with Crippen LogP contribution in [0.1, 0.15) is 21.5 Å². The molecular weight excluding hydrogens is 182 g/mol. The summed E-state index contributed by atoms with van der Waals surface area (Å²) in [4.78, 5) is 10.8. The van der Waals surface area contributed by atoms with Gasteiger partial charge in [0.25, 0.3) is 0 Å². The number of fused-ring (bicyclic) bond motifs is 1. The lowest BCUT2D eigenvalue weighted by Crippen LogP contribution is -2.13. The molecule has 2 rings (SSSR count). The van der Waals surface area contributed by atoms with Gasteiger partial charge in [0.2, 0.25) is 0 Å². The van der Waals surface area contributed by atoms with Crippen LogP contribution in [-0.2, 0) is 17.8 Å². The fourth-order valence-corrected chi connectivity index (χ4v) is 1.64. The second-order valence-corrected chi connectivity index (χ2v) is 3.31. The molecule has 0 unspecified atom stereocenters. The molecule has 0 spiro atoms. The number of ether oxygens (including phenoxy) is 1. The maximum Gasteiger partial charge on any atom is 0.335 e. The van der Waals surface area contributed by atoms with Crippen LogP contribution in [0.4, 0.5) is 5.69 Å². The number of carboxylic acids is 1. The van der Waals surface area contributed by atoms with E-state index in [1.165, 1.54) is 6.07 Å². The molecule has 14 heavy (non-hydrogen) atoms. The largest absolute Gasteiger partial charge is 0.478 e. The van der Waals surface area contributed by atoms with E-state index in [1.807, 2.05) is 0 Å². The summed E-state index contributed by atoms with van der Waals surface area (Å²) in [6, 6.07) is 3.16. The predicted octanol–water partition coefficient (Wildman–Crippen LogP) is 1.04. The minimum absolute atomic E-state index is 0.253. The number of hydrogen-bond donors (Lipinski definition) is 2. The van der Waals surface area contributed by atoms with Gasteiger partial charge in [0.15, 0.2) is 0 Å². The van der Waals surface area contributed by atoms with Gasteiger partial charge < -0.3 is 15.6 Å². The van der Waals surface area contributed by atoms with Gasteiger partial charge in [-0.3, -0.25) is 0 Å². The highest BCUT2D eigenvalue weighted by atomic mass is 16.5. The highest BCUT2D eigenvalue weighted by Gasteiger charge is 2.15. The Hall–Kier alpha value is -1.55. The maximum absolute atomic E-state index is 10.8. The summed E-state index contributed by atoms with van der Waals surface area (Å²) < 4.78 is 5.25. The van der Waals surface area contributed by atoms with E-state index in [2.05, 4.69) is 0 Å². The number of nitrogen functional groups attached to an aromatic ring is 1. The van der Waals surface area contributed by atoms with E-state index >= 15 is 0 Å². The second kappa shape index (κ2) is 3.31. The van der Waals surface area contributed by atoms with Crippen molar-refractivity contribution in [3.05, 3.63) is 28.8 Å². The van der Waals surface area contributed by atoms with Gasteiger partial charge in [0.05, 0.1) is 18.8 Å². The molecule has 0 saturated heterocycles. The molecule has 0 aliphatic carbocycles. The third-order valence-corrected chi connectivity index (χ3v) is 2.39. The summed E-state index contributed by atoms with van der Waals surface area (Å²) in [5.41, 5.74) is 8.43. The molecule has 0 atom stereocenters. The van der Waals surface area contributed by atoms with E-state index in [9.17, 15) is 4.79 Å². The first kappa shape index (κ1) is 9.02. The van der Waals surface area contributed by atoms with E-state index in [0.717, 1.165) is 17.5 Å². The summed E-state index contributed by atoms with van der Waals surface area (Å²) in [7, 11) is 0. The van der Waals surface area contributed by atoms with Gasteiger partial charge in [0.1, 0.15) is 0 Å². The lowest BCUT2D eigenvalue weighted by Gasteiger charge is -2.18. The quantitative estimate of drug-likeness (QED) is 0.653. The Morgan fingerprint density at radius 1 is 1.50 bits per heavy atom. The molecule has 1 aromatic carbocycles. The number of carbonyl (C=O) groups is 1. The van der Waals surface area contributed by atoms with Crippen LogP contribution in [0.15, 0.2) is 12.1 Å². The number of carboxylic acid groups (broad SMARTS) is 1. The first-order chi connectivity index (χ1) is 6.68. The van der Waals surface area contributed by atoms with Gasteiger partial charge in [-0.1, -0.05) is 0 Å². The third kappa shape index (κ3) is 1.44. The van der Waals surface area contributed by atoms with E-state index < -0.39 is 5.97 Å². The van der Waals surface area contributed by atoms with Gasteiger partial charge in [0, 0.05) is 11.3 Å². The molecule has 4 heteroatoms. The van der Waals surface area contributed by atoms with Crippen molar-refractivity contribution in [1.29, 1.82) is 0 Å². The number of aromatic carboxylic acids is 1. The monoisotopic (exact) mass is 193 g/mol. The van der Waals surface area contributed by atoms with Crippen molar-refractivity contribution in [2.45, 2.75) is 13.0 Å². The van der Waals surface area contributed by atoms with Gasteiger partial charge in [-0.2, -0.15) is 0 Å². The van der Waals surface area contributed by atoms with Crippen LogP contribution in [0, 0.1) is 0 Å². The summed E-state index contributed by atoms with van der Waals surface area (Å²) in [6.45, 7) is 1.12. The molecule has 74 valence electrons. The summed E-state index contributed by atoms with van der Waals surface area (Å²) in [6.07, 6.45) is 0.737. The molecule has 1 aliphatic rings. The third-order valence-electron chi connectivity index (χ3n) is 2.39. The van der Waals surface area contributed by atoms with Crippen LogP contribution in [0.5, 0.6) is 0 Å². The Bertz CT molecular complexity index is 387. The van der Waals surface area contributed by atoms with Crippen LogP contribution in [0.2, 0.25) is 0 Å². The van der Waals surface area contributed by atoms with E-state index in [1.54, 1.807) is 6.07 Å². The normalized spacial score (nSPS) is 14.9. The fourth-order valence-electron chi connectivity index (χ4n) is 1.64. The molecule has 4 nitrogen and oxygen atoms in total. The molecule has 0 fully saturated rings. The SMILES string of the molecule is Nc1cc(C(=O)O)cc2c1COCC2. The summed E-state index contributed by atoms with van der Waals surface area (Å²) in [5.74, 6) is -0.939. The Morgan fingerprint density at radius 3 is 3.00 bits per heavy atom. The molecule has 0 aromatic heterocycles. The Labute approximate surface area is 81.3 Å². The summed E-state index contributed by atoms with van der Waals surface area (Å²) in [5, 5.41) is 8.82. The van der Waals surface area contributed by atoms with Crippen molar-refractivity contribution < 1.29 is 14.6 Å². The van der Waals surface area contributed by atoms with Crippen molar-refractivity contribution in [1.82, 2.24) is 0 Å². The van der Waals surface area contributed by atoms with E-state index in [0.29, 0.717) is 18.9 Å². The molecule has 1 aromatic rings. The van der Waals surface area contributed by atoms with Crippen LogP contribution in [0.3, 0.4) is 0 Å². The van der Waals surface area contributed by atoms with Crippen LogP contribution in [0.25, 0.3) is 0 Å². The molecule has 0 saturated carbocycles. The van der Waals surface area contributed by atoms with Crippen molar-refractivity contribution in [3.8, 4) is 0 Å². The molecule has 3 N–H and O–H groups in total. The van der Waals surface area contributed by atoms with Crippen molar-refractivity contribution in [2.24, 2.45) is 0 Å². The van der Waals surface area contributed by atoms with Crippen molar-refractivity contribution in [2.75, 3.05) is 12.3 Å². The zero-order valence-electron chi connectivity index (χ0n) is 7.62. The zero-order chi connectivity index (χ0) is 10.1. The average Bonchev–Trinajstić information content (AvgIpc) is 2.17. The fraction of sp³-hybridized carbons (Fsp3) is 0.300. The number of hydrogen-bond acceptors (Lipinski definition) is 3. The molecule has 0 bridgehead atoms. The number of benzene rings is 1. The van der Waals surface area contributed by atoms with Crippen LogP contribution < -0.4 is 5.73 Å². The van der Waals surface area contributed by atoms with Crippen molar-refractivity contribution >= 4 is 11.7 Å². The highest BCUT2D eigenvalue weighted by Crippen LogP contribution is 2.24. The van der Waals surface area contributed by atoms with Gasteiger partial charge >= 0.3 is 5.97 Å². The maximum atomic E-state index is 10.8. The minimum atomic E-state index is -0.939. The molecule has 0 amide bonds. The van der Waals surface area contributed by atoms with Gasteiger partial charge in [-0.15, -0.1) is 0 Å². The van der Waals surface area contributed by atoms with Crippen LogP contribution >= 0.6 is 0 Å². The van der Waals surface area contributed by atoms with Gasteiger partial charge in [-0.25, -0.2) is 4.79 Å². The summed E-state index contributed by atoms with van der Waals surface area (Å²) >= 11 is 0. The van der Waals surface area contributed by atoms with Crippen molar-refractivity contribution in [3.63, 3.8) is 0 Å². The number of rotatable bonds is 1. The molecular formula is C10H11NO3. The standard InChI is InChI=1S/C10H11NO3/c11-9-4-7(10(12)13)3-6-1-2-14-5-8(6)9/h3-4H,1-2,5,11H2,(H,12,13). The number of anilines is 1. The predicted molar refractivity (Wildman–Crippen MR) is 51.2 cm³/mol. The zero-order valence-corrected chi connectivity index (χ0v) is 7.62. The lowest BCUT2D eigenvalue weighted by atomic mass is 9.98. The molecule has 0 radical (unpaired) electrons. The van der Waals surface area contributed by atoms with Gasteiger partial charge in [-0.05, 0) is 24.1 Å². The first-order valence-corrected chi connectivity index (χ1v) is 4.41. The second-order valence-electron chi connectivity index (χ2n) is 3.31. The Morgan fingerprint density at radius 2 is 2.29 bits per heavy atom. The smallest absolute Gasteiger partial charge is 0.335 e. The van der Waals surface area contributed by atoms with E-state index in [-0.39, 0.29) is 5.56 Å². The Balaban J connectivity index is 2.51.